The summed E-state index contributed by atoms with van der Waals surface area (Å²) >= 11 is 0. The number of nitrogens with zero attached hydrogens (tertiary/aromatic N) is 2. The van der Waals surface area contributed by atoms with Crippen LogP contribution >= 0.6 is 0 Å². The lowest BCUT2D eigenvalue weighted by Gasteiger charge is -2.20. The van der Waals surface area contributed by atoms with Gasteiger partial charge >= 0.3 is 0 Å². The van der Waals surface area contributed by atoms with Crippen LogP contribution in [0.15, 0.2) is 42.1 Å². The Bertz CT molecular complexity index is 525. The van der Waals surface area contributed by atoms with Crippen LogP contribution in [-0.4, -0.2) is 23.9 Å². The van der Waals surface area contributed by atoms with Gasteiger partial charge in [-0.3, -0.25) is 4.79 Å². The molecule has 0 aliphatic carbocycles. The van der Waals surface area contributed by atoms with Crippen LogP contribution in [0.25, 0.3) is 0 Å². The number of carbonyl (C=O) groups excluding carboxylic acids is 1. The Morgan fingerprint density at radius 2 is 1.86 bits per heavy atom. The van der Waals surface area contributed by atoms with Gasteiger partial charge < -0.3 is 10.2 Å². The van der Waals surface area contributed by atoms with E-state index in [1.807, 2.05) is 48.2 Å². The second-order valence-electron chi connectivity index (χ2n) is 5.30. The topological polar surface area (TPSA) is 56.1 Å². The lowest BCUT2D eigenvalue weighted by atomic mass is 10.1. The molecule has 4 nitrogen and oxygen atoms in total. The Kier molecular flexibility index (Phi) is 7.77. The summed E-state index contributed by atoms with van der Waals surface area (Å²) in [4.78, 5) is 14.3. The van der Waals surface area contributed by atoms with E-state index < -0.39 is 0 Å². The molecule has 4 heteroatoms. The van der Waals surface area contributed by atoms with E-state index in [2.05, 4.69) is 19.2 Å². The van der Waals surface area contributed by atoms with Crippen LogP contribution in [0, 0.1) is 11.3 Å². The summed E-state index contributed by atoms with van der Waals surface area (Å²) in [5.74, 6) is -0.323. The average Bonchev–Trinajstić information content (AvgIpc) is 2.53. The largest absolute Gasteiger partial charge is 0.376 e. The highest BCUT2D eigenvalue weighted by atomic mass is 16.1. The average molecular weight is 299 g/mol. The van der Waals surface area contributed by atoms with E-state index in [0.29, 0.717) is 0 Å². The van der Waals surface area contributed by atoms with Crippen molar-refractivity contribution in [2.24, 2.45) is 0 Å². The van der Waals surface area contributed by atoms with Crippen LogP contribution < -0.4 is 5.32 Å². The van der Waals surface area contributed by atoms with Crippen molar-refractivity contribution < 1.29 is 4.79 Å². The summed E-state index contributed by atoms with van der Waals surface area (Å²) in [7, 11) is 0. The van der Waals surface area contributed by atoms with E-state index >= 15 is 0 Å². The molecule has 1 unspecified atom stereocenters. The van der Waals surface area contributed by atoms with E-state index in [1.54, 1.807) is 6.20 Å². The SMILES string of the molecule is CCCN(/C=C(/C#N)C(=O)NC(C)c1ccccc1)CCC. The summed E-state index contributed by atoms with van der Waals surface area (Å²) in [6, 6.07) is 11.6. The third kappa shape index (κ3) is 5.61. The molecule has 1 aromatic carbocycles. The van der Waals surface area contributed by atoms with Crippen molar-refractivity contribution in [1.29, 1.82) is 5.26 Å². The first kappa shape index (κ1) is 17.8. The smallest absolute Gasteiger partial charge is 0.263 e. The maximum Gasteiger partial charge on any atom is 0.263 e. The highest BCUT2D eigenvalue weighted by Crippen LogP contribution is 2.12. The third-order valence-corrected chi connectivity index (χ3v) is 3.35. The van der Waals surface area contributed by atoms with Crippen LogP contribution in [0.4, 0.5) is 0 Å². The Balaban J connectivity index is 2.77. The standard InChI is InChI=1S/C18H25N3O/c1-4-11-21(12-5-2)14-17(13-19)18(22)20-15(3)16-9-7-6-8-10-16/h6-10,14-15H,4-5,11-12H2,1-3H3,(H,20,22)/b17-14-. The number of nitrogens with one attached hydrogen (secondary N) is 1. The summed E-state index contributed by atoms with van der Waals surface area (Å²) in [6.07, 6.45) is 3.65. The lowest BCUT2D eigenvalue weighted by Crippen LogP contribution is -2.29. The predicted molar refractivity (Wildman–Crippen MR) is 88.9 cm³/mol. The fraction of sp³-hybridized carbons (Fsp3) is 0.444. The molecule has 118 valence electrons. The van der Waals surface area contributed by atoms with Gasteiger partial charge in [-0.1, -0.05) is 44.2 Å². The molecule has 0 spiro atoms. The molecule has 1 atom stereocenters. The second-order valence-corrected chi connectivity index (χ2v) is 5.30. The van der Waals surface area contributed by atoms with Gasteiger partial charge in [0.2, 0.25) is 0 Å². The van der Waals surface area contributed by atoms with Gasteiger partial charge in [0.15, 0.2) is 0 Å². The van der Waals surface area contributed by atoms with Crippen molar-refractivity contribution in [2.75, 3.05) is 13.1 Å². The Hall–Kier alpha value is -2.28. The van der Waals surface area contributed by atoms with Crippen LogP contribution in [0.2, 0.25) is 0 Å². The lowest BCUT2D eigenvalue weighted by molar-refractivity contribution is -0.117. The predicted octanol–water partition coefficient (Wildman–Crippen LogP) is 3.39. The minimum absolute atomic E-state index is 0.128. The number of hydrogen-bond acceptors (Lipinski definition) is 3. The third-order valence-electron chi connectivity index (χ3n) is 3.35. The number of amides is 1. The first-order valence-corrected chi connectivity index (χ1v) is 7.84. The Morgan fingerprint density at radius 1 is 1.27 bits per heavy atom. The molecule has 22 heavy (non-hydrogen) atoms. The number of hydrogen-bond donors (Lipinski definition) is 1. The second kappa shape index (κ2) is 9.62. The van der Waals surface area contributed by atoms with Gasteiger partial charge in [-0.25, -0.2) is 0 Å². The van der Waals surface area contributed by atoms with Gasteiger partial charge in [0.25, 0.3) is 5.91 Å². The highest BCUT2D eigenvalue weighted by Gasteiger charge is 2.14. The normalized spacial score (nSPS) is 12.4. The first-order chi connectivity index (χ1) is 10.6. The quantitative estimate of drug-likeness (QED) is 0.591. The fourth-order valence-corrected chi connectivity index (χ4v) is 2.24. The maximum atomic E-state index is 12.3. The van der Waals surface area contributed by atoms with E-state index in [1.165, 1.54) is 0 Å². The van der Waals surface area contributed by atoms with Gasteiger partial charge in [-0.05, 0) is 25.3 Å². The Labute approximate surface area is 133 Å². The molecule has 0 saturated heterocycles. The van der Waals surface area contributed by atoms with Gasteiger partial charge in [-0.2, -0.15) is 5.26 Å². The Morgan fingerprint density at radius 3 is 2.36 bits per heavy atom. The summed E-state index contributed by atoms with van der Waals surface area (Å²) in [6.45, 7) is 7.78. The van der Waals surface area contributed by atoms with Crippen molar-refractivity contribution in [3.05, 3.63) is 47.7 Å². The first-order valence-electron chi connectivity index (χ1n) is 7.84. The molecule has 1 rings (SSSR count). The summed E-state index contributed by atoms with van der Waals surface area (Å²) in [5, 5.41) is 12.1. The zero-order chi connectivity index (χ0) is 16.4. The molecule has 0 fully saturated rings. The van der Waals surface area contributed by atoms with Crippen LogP contribution in [0.3, 0.4) is 0 Å². The fourth-order valence-electron chi connectivity index (χ4n) is 2.24. The number of benzene rings is 1. The molecular formula is C18H25N3O. The van der Waals surface area contributed by atoms with Gasteiger partial charge in [0, 0.05) is 19.3 Å². The molecule has 0 heterocycles. The monoisotopic (exact) mass is 299 g/mol. The zero-order valence-corrected chi connectivity index (χ0v) is 13.7. The highest BCUT2D eigenvalue weighted by molar-refractivity contribution is 5.97. The molecule has 0 aliphatic rings. The van der Waals surface area contributed by atoms with Gasteiger partial charge in [0.05, 0.1) is 6.04 Å². The van der Waals surface area contributed by atoms with Crippen molar-refractivity contribution in [2.45, 2.75) is 39.7 Å². The van der Waals surface area contributed by atoms with Gasteiger partial charge in [-0.15, -0.1) is 0 Å². The van der Waals surface area contributed by atoms with E-state index in [4.69, 9.17) is 0 Å². The molecule has 0 aromatic heterocycles. The molecule has 1 amide bonds. The molecule has 0 radical (unpaired) electrons. The molecule has 0 aliphatic heterocycles. The molecule has 0 saturated carbocycles. The van der Waals surface area contributed by atoms with Crippen molar-refractivity contribution in [1.82, 2.24) is 10.2 Å². The minimum Gasteiger partial charge on any atom is -0.376 e. The summed E-state index contributed by atoms with van der Waals surface area (Å²) in [5.41, 5.74) is 1.18. The zero-order valence-electron chi connectivity index (χ0n) is 13.7. The number of rotatable bonds is 8. The maximum absolute atomic E-state index is 12.3. The number of nitriles is 1. The van der Waals surface area contributed by atoms with E-state index in [9.17, 15) is 10.1 Å². The molecule has 1 aromatic rings. The van der Waals surface area contributed by atoms with Crippen molar-refractivity contribution in [3.63, 3.8) is 0 Å². The minimum atomic E-state index is -0.323. The molecular weight excluding hydrogens is 274 g/mol. The van der Waals surface area contributed by atoms with Crippen molar-refractivity contribution in [3.8, 4) is 6.07 Å². The molecule has 0 bridgehead atoms. The van der Waals surface area contributed by atoms with Crippen LogP contribution in [0.5, 0.6) is 0 Å². The number of carbonyl (C=O) groups is 1. The van der Waals surface area contributed by atoms with Crippen LogP contribution in [0.1, 0.15) is 45.2 Å². The summed E-state index contributed by atoms with van der Waals surface area (Å²) < 4.78 is 0. The van der Waals surface area contributed by atoms with Crippen LogP contribution in [-0.2, 0) is 4.79 Å². The molecule has 1 N–H and O–H groups in total. The van der Waals surface area contributed by atoms with E-state index in [0.717, 1.165) is 31.5 Å². The van der Waals surface area contributed by atoms with Gasteiger partial charge in [0.1, 0.15) is 11.6 Å². The van der Waals surface area contributed by atoms with Crippen molar-refractivity contribution >= 4 is 5.91 Å². The van der Waals surface area contributed by atoms with E-state index in [-0.39, 0.29) is 17.5 Å².